The lowest BCUT2D eigenvalue weighted by molar-refractivity contribution is -0.143. The molecule has 0 fully saturated rings. The maximum Gasteiger partial charge on any atom is 0.305 e. The molecule has 0 aromatic heterocycles. The van der Waals surface area contributed by atoms with Gasteiger partial charge in [0.1, 0.15) is 0 Å². The van der Waals surface area contributed by atoms with Crippen LogP contribution < -0.4 is 5.32 Å². The molecule has 0 rings (SSSR count). The molecule has 2 atom stereocenters. The molecule has 0 aliphatic rings. The Morgan fingerprint density at radius 3 is 1.15 bits per heavy atom. The number of allylic oxidation sites excluding steroid dienone is 2. The monoisotopic (exact) mass is 876 g/mol. The highest BCUT2D eigenvalue weighted by Gasteiger charge is 2.20. The van der Waals surface area contributed by atoms with Crippen molar-refractivity contribution in [3.8, 4) is 0 Å². The molecule has 2 unspecified atom stereocenters. The van der Waals surface area contributed by atoms with Crippen molar-refractivity contribution in [2.75, 3.05) is 13.2 Å². The zero-order valence-electron chi connectivity index (χ0n) is 41.9. The lowest BCUT2D eigenvalue weighted by Gasteiger charge is -2.22. The lowest BCUT2D eigenvalue weighted by atomic mass is 10.0. The van der Waals surface area contributed by atoms with Gasteiger partial charge in [-0.3, -0.25) is 9.59 Å². The Kier molecular flexibility index (Phi) is 51.0. The minimum absolute atomic E-state index is 0.0108. The van der Waals surface area contributed by atoms with Gasteiger partial charge in [0.25, 0.3) is 0 Å². The number of carbonyl (C=O) groups excluding carboxylic acids is 2. The van der Waals surface area contributed by atoms with E-state index in [4.69, 9.17) is 4.74 Å². The van der Waals surface area contributed by atoms with Crippen molar-refractivity contribution in [1.29, 1.82) is 0 Å². The van der Waals surface area contributed by atoms with E-state index in [0.29, 0.717) is 25.9 Å². The highest BCUT2D eigenvalue weighted by atomic mass is 16.5. The fourth-order valence-electron chi connectivity index (χ4n) is 8.75. The van der Waals surface area contributed by atoms with Crippen LogP contribution in [0.3, 0.4) is 0 Å². The molecule has 0 aromatic carbocycles. The van der Waals surface area contributed by atoms with Crippen LogP contribution in [0.2, 0.25) is 0 Å². The summed E-state index contributed by atoms with van der Waals surface area (Å²) in [5.41, 5.74) is 0. The number of esters is 1. The Bertz CT molecular complexity index is 924. The molecule has 0 saturated carbocycles. The zero-order chi connectivity index (χ0) is 45.1. The molecule has 6 nitrogen and oxygen atoms in total. The van der Waals surface area contributed by atoms with Crippen molar-refractivity contribution in [2.24, 2.45) is 0 Å². The van der Waals surface area contributed by atoms with Crippen LogP contribution in [0.25, 0.3) is 0 Å². The molecule has 0 spiro atoms. The summed E-state index contributed by atoms with van der Waals surface area (Å²) in [7, 11) is 0. The molecule has 62 heavy (non-hydrogen) atoms. The average Bonchev–Trinajstić information content (AvgIpc) is 3.27. The van der Waals surface area contributed by atoms with E-state index in [0.717, 1.165) is 38.5 Å². The minimum atomic E-state index is -0.666. The number of hydrogen-bond acceptors (Lipinski definition) is 5. The fraction of sp³-hybridized carbons (Fsp3) is 0.929. The largest absolute Gasteiger partial charge is 0.466 e. The molecule has 0 heterocycles. The van der Waals surface area contributed by atoms with E-state index in [-0.39, 0.29) is 18.5 Å². The van der Waals surface area contributed by atoms with Crippen molar-refractivity contribution in [3.05, 3.63) is 12.2 Å². The molecule has 0 aromatic rings. The number of aliphatic hydroxyl groups is 2. The Labute approximate surface area is 387 Å². The summed E-state index contributed by atoms with van der Waals surface area (Å²) in [5, 5.41) is 23.2. The Morgan fingerprint density at radius 1 is 0.435 bits per heavy atom. The van der Waals surface area contributed by atoms with Gasteiger partial charge in [0, 0.05) is 12.8 Å². The van der Waals surface area contributed by atoms with E-state index < -0.39 is 12.1 Å². The molecule has 368 valence electrons. The maximum absolute atomic E-state index is 12.4. The van der Waals surface area contributed by atoms with E-state index in [9.17, 15) is 19.8 Å². The number of unbranched alkanes of at least 4 members (excludes halogenated alkanes) is 39. The summed E-state index contributed by atoms with van der Waals surface area (Å²) in [6.45, 7) is 4.95. The van der Waals surface area contributed by atoms with Crippen LogP contribution in [0.15, 0.2) is 12.2 Å². The SMILES string of the molecule is CCCCCCCCCCCCCCC(=O)OCCCCCCCCCCCCC/C=C\CCCCCCCCCC(=O)NC(CO)C(O)CCCCCCCCCCCCC. The molecular weight excluding hydrogens is 767 g/mol. The topological polar surface area (TPSA) is 95.9 Å². The van der Waals surface area contributed by atoms with Gasteiger partial charge in [0.05, 0.1) is 25.4 Å². The summed E-state index contributed by atoms with van der Waals surface area (Å²) in [6.07, 6.45) is 60.6. The van der Waals surface area contributed by atoms with Gasteiger partial charge in [0.15, 0.2) is 0 Å². The fourth-order valence-corrected chi connectivity index (χ4v) is 8.75. The second kappa shape index (κ2) is 52.2. The summed E-state index contributed by atoms with van der Waals surface area (Å²) in [4.78, 5) is 24.4. The Morgan fingerprint density at radius 2 is 0.758 bits per heavy atom. The standard InChI is InChI=1S/C56H109NO5/c1-3-5-7-9-11-13-15-30-34-38-42-46-50-56(61)62-51-47-43-39-35-31-27-25-23-21-19-17-16-18-20-22-24-26-29-33-37-41-45-49-55(60)57-53(52-58)54(59)48-44-40-36-32-28-14-12-10-8-6-4-2/h18,20,53-54,58-59H,3-17,19,21-52H2,1-2H3,(H,57,60)/b20-18-. The van der Waals surface area contributed by atoms with Crippen LogP contribution in [0, 0.1) is 0 Å². The van der Waals surface area contributed by atoms with E-state index in [2.05, 4.69) is 31.3 Å². The van der Waals surface area contributed by atoms with Gasteiger partial charge >= 0.3 is 5.97 Å². The van der Waals surface area contributed by atoms with Gasteiger partial charge in [-0.1, -0.05) is 257 Å². The smallest absolute Gasteiger partial charge is 0.305 e. The molecule has 3 N–H and O–H groups in total. The first-order valence-electron chi connectivity index (χ1n) is 27.9. The molecular formula is C56H109NO5. The third kappa shape index (κ3) is 48.1. The zero-order valence-corrected chi connectivity index (χ0v) is 41.9. The highest BCUT2D eigenvalue weighted by molar-refractivity contribution is 5.76. The molecule has 0 saturated heterocycles. The van der Waals surface area contributed by atoms with Crippen molar-refractivity contribution in [2.45, 2.75) is 321 Å². The van der Waals surface area contributed by atoms with Crippen LogP contribution >= 0.6 is 0 Å². The number of nitrogens with one attached hydrogen (secondary N) is 1. The average molecular weight is 876 g/mol. The second-order valence-electron chi connectivity index (χ2n) is 19.3. The number of rotatable bonds is 52. The van der Waals surface area contributed by atoms with Crippen LogP contribution in [0.1, 0.15) is 309 Å². The van der Waals surface area contributed by atoms with Crippen LogP contribution in [-0.4, -0.2) is 47.4 Å². The first kappa shape index (κ1) is 60.6. The number of aliphatic hydroxyl groups excluding tert-OH is 2. The quantitative estimate of drug-likeness (QED) is 0.0321. The first-order valence-corrected chi connectivity index (χ1v) is 27.9. The number of amides is 1. The summed E-state index contributed by atoms with van der Waals surface area (Å²) < 4.78 is 5.47. The molecule has 1 amide bonds. The van der Waals surface area contributed by atoms with E-state index in [1.165, 1.54) is 238 Å². The summed E-state index contributed by atoms with van der Waals surface area (Å²) in [6, 6.07) is -0.544. The Hall–Kier alpha value is -1.40. The molecule has 0 aliphatic carbocycles. The normalized spacial score (nSPS) is 12.6. The predicted molar refractivity (Wildman–Crippen MR) is 269 cm³/mol. The summed E-state index contributed by atoms with van der Waals surface area (Å²) in [5.74, 6) is -0.0314. The number of ether oxygens (including phenoxy) is 1. The third-order valence-electron chi connectivity index (χ3n) is 13.1. The minimum Gasteiger partial charge on any atom is -0.466 e. The predicted octanol–water partition coefficient (Wildman–Crippen LogP) is 16.9. The van der Waals surface area contributed by atoms with Gasteiger partial charge in [-0.05, 0) is 51.4 Å². The molecule has 6 heteroatoms. The van der Waals surface area contributed by atoms with Crippen LogP contribution in [0.5, 0.6) is 0 Å². The van der Waals surface area contributed by atoms with E-state index >= 15 is 0 Å². The van der Waals surface area contributed by atoms with Crippen molar-refractivity contribution >= 4 is 11.9 Å². The van der Waals surface area contributed by atoms with Gasteiger partial charge < -0.3 is 20.3 Å². The maximum atomic E-state index is 12.4. The molecule has 0 radical (unpaired) electrons. The van der Waals surface area contributed by atoms with Crippen LogP contribution in [-0.2, 0) is 14.3 Å². The molecule has 0 bridgehead atoms. The van der Waals surface area contributed by atoms with Crippen molar-refractivity contribution in [1.82, 2.24) is 5.32 Å². The number of hydrogen-bond donors (Lipinski definition) is 3. The lowest BCUT2D eigenvalue weighted by Crippen LogP contribution is -2.45. The van der Waals surface area contributed by atoms with Crippen molar-refractivity contribution < 1.29 is 24.5 Å². The molecule has 0 aliphatic heterocycles. The first-order chi connectivity index (χ1) is 30.5. The highest BCUT2D eigenvalue weighted by Crippen LogP contribution is 2.17. The van der Waals surface area contributed by atoms with E-state index in [1.54, 1.807) is 0 Å². The van der Waals surface area contributed by atoms with Gasteiger partial charge in [0.2, 0.25) is 5.91 Å². The van der Waals surface area contributed by atoms with Gasteiger partial charge in [-0.2, -0.15) is 0 Å². The third-order valence-corrected chi connectivity index (χ3v) is 13.1. The van der Waals surface area contributed by atoms with Crippen molar-refractivity contribution in [3.63, 3.8) is 0 Å². The van der Waals surface area contributed by atoms with Gasteiger partial charge in [-0.15, -0.1) is 0 Å². The van der Waals surface area contributed by atoms with E-state index in [1.807, 2.05) is 0 Å². The second-order valence-corrected chi connectivity index (χ2v) is 19.3. The Balaban J connectivity index is 3.39. The summed E-state index contributed by atoms with van der Waals surface area (Å²) >= 11 is 0. The van der Waals surface area contributed by atoms with Gasteiger partial charge in [-0.25, -0.2) is 0 Å². The number of carbonyl (C=O) groups is 2. The van der Waals surface area contributed by atoms with Crippen LogP contribution in [0.4, 0.5) is 0 Å².